The van der Waals surface area contributed by atoms with E-state index in [2.05, 4.69) is 5.32 Å². The zero-order valence-corrected chi connectivity index (χ0v) is 16.1. The van der Waals surface area contributed by atoms with Crippen LogP contribution in [0.25, 0.3) is 0 Å². The molecule has 0 aliphatic carbocycles. The van der Waals surface area contributed by atoms with Gasteiger partial charge in [0.1, 0.15) is 11.5 Å². The maximum Gasteiger partial charge on any atom is 0.306 e. The van der Waals surface area contributed by atoms with Crippen LogP contribution in [0.5, 0.6) is 11.5 Å². The molecule has 1 aliphatic heterocycles. The van der Waals surface area contributed by atoms with E-state index in [0.717, 1.165) is 0 Å². The summed E-state index contributed by atoms with van der Waals surface area (Å²) in [5, 5.41) is 11.6. The van der Waals surface area contributed by atoms with Crippen molar-refractivity contribution in [3.05, 3.63) is 23.8 Å². The van der Waals surface area contributed by atoms with E-state index in [4.69, 9.17) is 14.6 Å². The molecule has 1 heterocycles. The molecular formula is C17H24N2O7S. The second-order valence-electron chi connectivity index (χ2n) is 6.15. The molecule has 2 rings (SSSR count). The first-order valence-electron chi connectivity index (χ1n) is 8.49. The van der Waals surface area contributed by atoms with Crippen LogP contribution in [-0.4, -0.2) is 69.3 Å². The van der Waals surface area contributed by atoms with Gasteiger partial charge in [-0.05, 0) is 25.0 Å². The highest BCUT2D eigenvalue weighted by molar-refractivity contribution is 7.89. The summed E-state index contributed by atoms with van der Waals surface area (Å²) in [7, 11) is -0.636. The predicted molar refractivity (Wildman–Crippen MR) is 97.6 cm³/mol. The summed E-state index contributed by atoms with van der Waals surface area (Å²) in [6.07, 6.45) is 0.591. The third-order valence-electron chi connectivity index (χ3n) is 4.50. The van der Waals surface area contributed by atoms with Gasteiger partial charge in [-0.2, -0.15) is 0 Å². The molecule has 0 saturated carbocycles. The van der Waals surface area contributed by atoms with Gasteiger partial charge in [0.15, 0.2) is 0 Å². The molecule has 0 radical (unpaired) electrons. The fourth-order valence-electron chi connectivity index (χ4n) is 2.88. The van der Waals surface area contributed by atoms with E-state index in [9.17, 15) is 18.0 Å². The molecule has 0 spiro atoms. The number of methoxy groups -OCH3 is 2. The average molecular weight is 400 g/mol. The topological polar surface area (TPSA) is 122 Å². The molecule has 0 unspecified atom stereocenters. The third-order valence-corrected chi connectivity index (χ3v) is 6.37. The zero-order chi connectivity index (χ0) is 20.0. The van der Waals surface area contributed by atoms with E-state index in [1.165, 1.54) is 24.6 Å². The van der Waals surface area contributed by atoms with Crippen LogP contribution in [-0.2, 0) is 14.8 Å². The molecule has 1 amide bonds. The highest BCUT2D eigenvalue weighted by atomic mass is 32.2. The first kappa shape index (κ1) is 21.0. The van der Waals surface area contributed by atoms with Crippen molar-refractivity contribution in [1.29, 1.82) is 0 Å². The molecule has 0 atom stereocenters. The summed E-state index contributed by atoms with van der Waals surface area (Å²) < 4.78 is 36.3. The number of nitrogens with zero attached hydrogens (tertiary/aromatic N) is 1. The van der Waals surface area contributed by atoms with E-state index in [0.29, 0.717) is 24.3 Å². The van der Waals surface area contributed by atoms with E-state index < -0.39 is 27.8 Å². The molecule has 0 bridgehead atoms. The molecule has 1 aromatic carbocycles. The lowest BCUT2D eigenvalue weighted by molar-refractivity contribution is -0.142. The SMILES string of the molecule is COc1ccc(C(=O)NCCS(=O)(=O)N2CCC(C(=O)O)CC2)c(OC)c1. The predicted octanol–water partition coefficient (Wildman–Crippen LogP) is 0.560. The van der Waals surface area contributed by atoms with Gasteiger partial charge in [-0.25, -0.2) is 12.7 Å². The number of hydrogen-bond donors (Lipinski definition) is 2. The largest absolute Gasteiger partial charge is 0.497 e. The fraction of sp³-hybridized carbons (Fsp3) is 0.529. The minimum atomic E-state index is -3.56. The summed E-state index contributed by atoms with van der Waals surface area (Å²) in [4.78, 5) is 23.2. The zero-order valence-electron chi connectivity index (χ0n) is 15.3. The molecule has 2 N–H and O–H groups in total. The number of carboxylic acid groups (broad SMARTS) is 1. The van der Waals surface area contributed by atoms with Crippen LogP contribution in [0.4, 0.5) is 0 Å². The van der Waals surface area contributed by atoms with Crippen LogP contribution in [0.3, 0.4) is 0 Å². The van der Waals surface area contributed by atoms with Crippen molar-refractivity contribution in [1.82, 2.24) is 9.62 Å². The quantitative estimate of drug-likeness (QED) is 0.654. The van der Waals surface area contributed by atoms with Crippen molar-refractivity contribution in [2.24, 2.45) is 5.92 Å². The van der Waals surface area contributed by atoms with Gasteiger partial charge in [0, 0.05) is 25.7 Å². The highest BCUT2D eigenvalue weighted by Gasteiger charge is 2.30. The van der Waals surface area contributed by atoms with Crippen LogP contribution in [0.2, 0.25) is 0 Å². The molecule has 150 valence electrons. The van der Waals surface area contributed by atoms with Crippen LogP contribution in [0.15, 0.2) is 18.2 Å². The second kappa shape index (κ2) is 9.05. The average Bonchev–Trinajstić information content (AvgIpc) is 2.67. The monoisotopic (exact) mass is 400 g/mol. The Bertz CT molecular complexity index is 786. The lowest BCUT2D eigenvalue weighted by atomic mass is 9.99. The summed E-state index contributed by atoms with van der Waals surface area (Å²) in [5.41, 5.74) is 0.276. The van der Waals surface area contributed by atoms with Crippen LogP contribution in [0.1, 0.15) is 23.2 Å². The lowest BCUT2D eigenvalue weighted by Crippen LogP contribution is -2.43. The Balaban J connectivity index is 1.90. The Kier molecular flexibility index (Phi) is 7.03. The molecular weight excluding hydrogens is 376 g/mol. The highest BCUT2D eigenvalue weighted by Crippen LogP contribution is 2.24. The van der Waals surface area contributed by atoms with Gasteiger partial charge in [0.2, 0.25) is 10.0 Å². The van der Waals surface area contributed by atoms with E-state index in [1.54, 1.807) is 12.1 Å². The lowest BCUT2D eigenvalue weighted by Gasteiger charge is -2.29. The summed E-state index contributed by atoms with van der Waals surface area (Å²) in [6.45, 7) is 0.300. The molecule has 1 aromatic rings. The van der Waals surface area contributed by atoms with Crippen molar-refractivity contribution < 1.29 is 32.6 Å². The first-order valence-corrected chi connectivity index (χ1v) is 10.1. The number of benzene rings is 1. The number of carbonyl (C=O) groups is 2. The number of carboxylic acids is 1. The van der Waals surface area contributed by atoms with Crippen molar-refractivity contribution in [2.45, 2.75) is 12.8 Å². The number of piperidine rings is 1. The number of aliphatic carboxylic acids is 1. The first-order chi connectivity index (χ1) is 12.8. The Morgan fingerprint density at radius 2 is 1.89 bits per heavy atom. The summed E-state index contributed by atoms with van der Waals surface area (Å²) >= 11 is 0. The van der Waals surface area contributed by atoms with Gasteiger partial charge in [0.25, 0.3) is 5.91 Å². The van der Waals surface area contributed by atoms with Crippen molar-refractivity contribution in [3.63, 3.8) is 0 Å². The molecule has 1 aliphatic rings. The second-order valence-corrected chi connectivity index (χ2v) is 8.24. The van der Waals surface area contributed by atoms with Gasteiger partial charge >= 0.3 is 5.97 Å². The van der Waals surface area contributed by atoms with Crippen LogP contribution < -0.4 is 14.8 Å². The van der Waals surface area contributed by atoms with Gasteiger partial charge < -0.3 is 19.9 Å². The number of carbonyl (C=O) groups excluding carboxylic acids is 1. The van der Waals surface area contributed by atoms with Gasteiger partial charge in [-0.15, -0.1) is 0 Å². The minimum absolute atomic E-state index is 0.0603. The van der Waals surface area contributed by atoms with Gasteiger partial charge in [0.05, 0.1) is 31.5 Å². The molecule has 1 fully saturated rings. The van der Waals surface area contributed by atoms with Crippen LogP contribution in [0, 0.1) is 5.92 Å². The van der Waals surface area contributed by atoms with Gasteiger partial charge in [-0.1, -0.05) is 0 Å². The van der Waals surface area contributed by atoms with Crippen LogP contribution >= 0.6 is 0 Å². The van der Waals surface area contributed by atoms with E-state index >= 15 is 0 Å². The number of rotatable bonds is 8. The summed E-state index contributed by atoms with van der Waals surface area (Å²) in [6, 6.07) is 4.72. The number of nitrogens with one attached hydrogen (secondary N) is 1. The molecule has 27 heavy (non-hydrogen) atoms. The Hall–Kier alpha value is -2.33. The fourth-order valence-corrected chi connectivity index (χ4v) is 4.27. The molecule has 9 nitrogen and oxygen atoms in total. The van der Waals surface area contributed by atoms with E-state index in [-0.39, 0.29) is 31.0 Å². The Morgan fingerprint density at radius 1 is 1.22 bits per heavy atom. The Morgan fingerprint density at radius 3 is 2.44 bits per heavy atom. The Labute approximate surface area is 158 Å². The molecule has 10 heteroatoms. The third kappa shape index (κ3) is 5.33. The maximum absolute atomic E-state index is 12.4. The van der Waals surface area contributed by atoms with Gasteiger partial charge in [-0.3, -0.25) is 9.59 Å². The maximum atomic E-state index is 12.4. The van der Waals surface area contributed by atoms with E-state index in [1.807, 2.05) is 0 Å². The summed E-state index contributed by atoms with van der Waals surface area (Å²) in [5.74, 6) is -1.24. The minimum Gasteiger partial charge on any atom is -0.497 e. The van der Waals surface area contributed by atoms with Crippen molar-refractivity contribution in [3.8, 4) is 11.5 Å². The number of ether oxygens (including phenoxy) is 2. The molecule has 1 saturated heterocycles. The number of hydrogen-bond acceptors (Lipinski definition) is 6. The van der Waals surface area contributed by atoms with Crippen molar-refractivity contribution in [2.75, 3.05) is 39.6 Å². The number of sulfonamides is 1. The molecule has 0 aromatic heterocycles. The smallest absolute Gasteiger partial charge is 0.306 e. The normalized spacial score (nSPS) is 15.9. The standard InChI is InChI=1S/C17H24N2O7S/c1-25-13-3-4-14(15(11-13)26-2)16(20)18-7-10-27(23,24)19-8-5-12(6-9-19)17(21)22/h3-4,11-12H,5-10H2,1-2H3,(H,18,20)(H,21,22). The number of amides is 1. The van der Waals surface area contributed by atoms with Crippen molar-refractivity contribution >= 4 is 21.9 Å².